The Bertz CT molecular complexity index is 744. The summed E-state index contributed by atoms with van der Waals surface area (Å²) in [6.07, 6.45) is 5.29. The number of nitrogens with one attached hydrogen (secondary N) is 2. The van der Waals surface area contributed by atoms with Crippen LogP contribution in [0.1, 0.15) is 36.0 Å². The smallest absolute Gasteiger partial charge is 0.233 e. The third kappa shape index (κ3) is 4.08. The Balaban J connectivity index is 1.86. The lowest BCUT2D eigenvalue weighted by atomic mass is 10.1. The van der Waals surface area contributed by atoms with Gasteiger partial charge >= 0.3 is 0 Å². The molecule has 0 aliphatic carbocycles. The van der Waals surface area contributed by atoms with Crippen molar-refractivity contribution in [2.75, 3.05) is 25.5 Å². The maximum Gasteiger partial charge on any atom is 0.233 e. The van der Waals surface area contributed by atoms with Gasteiger partial charge in [0.15, 0.2) is 5.82 Å². The van der Waals surface area contributed by atoms with E-state index in [0.717, 1.165) is 36.5 Å². The van der Waals surface area contributed by atoms with Crippen LogP contribution < -0.4 is 10.6 Å². The summed E-state index contributed by atoms with van der Waals surface area (Å²) in [5.74, 6) is 1.15. The molecule has 1 aliphatic heterocycles. The highest BCUT2D eigenvalue weighted by molar-refractivity contribution is 5.77. The molecule has 1 aliphatic rings. The van der Waals surface area contributed by atoms with Gasteiger partial charge in [0.1, 0.15) is 5.69 Å². The van der Waals surface area contributed by atoms with Crippen molar-refractivity contribution in [3.8, 4) is 0 Å². The van der Waals surface area contributed by atoms with Crippen LogP contribution in [0.25, 0.3) is 0 Å². The molecule has 0 saturated carbocycles. The zero-order chi connectivity index (χ0) is 17.8. The van der Waals surface area contributed by atoms with Gasteiger partial charge in [-0.3, -0.25) is 14.7 Å². The Kier molecular flexibility index (Phi) is 5.18. The van der Waals surface area contributed by atoms with E-state index in [0.29, 0.717) is 18.3 Å². The molecule has 1 fully saturated rings. The highest BCUT2D eigenvalue weighted by atomic mass is 16.1. The number of carbonyl (C=O) groups excluding carboxylic acids is 1. The van der Waals surface area contributed by atoms with Gasteiger partial charge in [-0.05, 0) is 39.3 Å². The number of likely N-dealkylation sites (tertiary alicyclic amines) is 1. The molecular formula is C17H23N7O. The molecule has 1 amide bonds. The van der Waals surface area contributed by atoms with Gasteiger partial charge in [0.25, 0.3) is 0 Å². The number of carbonyl (C=O) groups is 1. The number of anilines is 2. The molecule has 8 nitrogen and oxygen atoms in total. The molecule has 1 saturated heterocycles. The van der Waals surface area contributed by atoms with Gasteiger partial charge in [0.05, 0.1) is 12.6 Å². The molecule has 132 valence electrons. The Hall–Kier alpha value is -2.61. The fourth-order valence-corrected chi connectivity index (χ4v) is 3.17. The van der Waals surface area contributed by atoms with E-state index in [9.17, 15) is 4.79 Å². The summed E-state index contributed by atoms with van der Waals surface area (Å²) in [7, 11) is 1.65. The molecule has 2 N–H and O–H groups in total. The largest absolute Gasteiger partial charge is 0.358 e. The third-order valence-electron chi connectivity index (χ3n) is 4.24. The number of rotatable bonds is 5. The number of likely N-dealkylation sites (N-methyl/N-ethyl adjacent to an activating group) is 1. The van der Waals surface area contributed by atoms with Gasteiger partial charge in [-0.25, -0.2) is 15.0 Å². The van der Waals surface area contributed by atoms with Crippen LogP contribution in [0.5, 0.6) is 0 Å². The first-order valence-corrected chi connectivity index (χ1v) is 8.41. The van der Waals surface area contributed by atoms with Crippen molar-refractivity contribution in [3.63, 3.8) is 0 Å². The van der Waals surface area contributed by atoms with Crippen LogP contribution in [0.4, 0.5) is 11.8 Å². The summed E-state index contributed by atoms with van der Waals surface area (Å²) in [6, 6.07) is 1.98. The summed E-state index contributed by atoms with van der Waals surface area (Å²) in [6.45, 7) is 5.09. The Labute approximate surface area is 147 Å². The van der Waals surface area contributed by atoms with Crippen LogP contribution in [0.2, 0.25) is 0 Å². The molecule has 2 aromatic heterocycles. The van der Waals surface area contributed by atoms with Gasteiger partial charge < -0.3 is 10.6 Å². The van der Waals surface area contributed by atoms with Crippen LogP contribution in [0.3, 0.4) is 0 Å². The molecule has 0 radical (unpaired) electrons. The normalized spacial score (nSPS) is 17.5. The van der Waals surface area contributed by atoms with E-state index < -0.39 is 0 Å². The van der Waals surface area contributed by atoms with E-state index >= 15 is 0 Å². The Morgan fingerprint density at radius 3 is 2.68 bits per heavy atom. The van der Waals surface area contributed by atoms with Gasteiger partial charge in [-0.15, -0.1) is 0 Å². The predicted molar refractivity (Wildman–Crippen MR) is 94.4 cm³/mol. The second-order valence-corrected chi connectivity index (χ2v) is 6.19. The SMILES string of the molecule is CNC(=O)CN1CCC[C@@H]1c1nccnc1Nc1nc(C)cc(C)n1. The highest BCUT2D eigenvalue weighted by Gasteiger charge is 2.30. The van der Waals surface area contributed by atoms with Crippen molar-refractivity contribution >= 4 is 17.7 Å². The summed E-state index contributed by atoms with van der Waals surface area (Å²) in [5, 5.41) is 5.87. The minimum Gasteiger partial charge on any atom is -0.358 e. The zero-order valence-corrected chi connectivity index (χ0v) is 14.8. The maximum atomic E-state index is 11.8. The summed E-state index contributed by atoms with van der Waals surface area (Å²) >= 11 is 0. The van der Waals surface area contributed by atoms with Crippen LogP contribution >= 0.6 is 0 Å². The average Bonchev–Trinajstić information content (AvgIpc) is 3.02. The molecule has 1 atom stereocenters. The van der Waals surface area contributed by atoms with Gasteiger partial charge in [-0.2, -0.15) is 0 Å². The average molecular weight is 341 g/mol. The van der Waals surface area contributed by atoms with E-state index in [-0.39, 0.29) is 11.9 Å². The molecule has 3 heterocycles. The lowest BCUT2D eigenvalue weighted by Gasteiger charge is -2.24. The number of aryl methyl sites for hydroxylation is 2. The lowest BCUT2D eigenvalue weighted by Crippen LogP contribution is -2.35. The molecular weight excluding hydrogens is 318 g/mol. The van der Waals surface area contributed by atoms with Crippen molar-refractivity contribution < 1.29 is 4.79 Å². The topological polar surface area (TPSA) is 95.9 Å². The summed E-state index contributed by atoms with van der Waals surface area (Å²) in [5.41, 5.74) is 2.61. The standard InChI is InChI=1S/C17H23N7O/c1-11-9-12(2)22-17(21-11)23-16-15(19-6-7-20-16)13-5-4-8-24(13)10-14(25)18-3/h6-7,9,13H,4-5,8,10H2,1-3H3,(H,18,25)(H,20,21,22,23)/t13-/m1/s1. The van der Waals surface area contributed by atoms with Crippen molar-refractivity contribution in [2.24, 2.45) is 0 Å². The minimum absolute atomic E-state index is 0.00272. The van der Waals surface area contributed by atoms with Crippen molar-refractivity contribution in [2.45, 2.75) is 32.7 Å². The molecule has 0 aromatic carbocycles. The van der Waals surface area contributed by atoms with Crippen molar-refractivity contribution in [1.29, 1.82) is 0 Å². The van der Waals surface area contributed by atoms with Crippen LogP contribution in [0, 0.1) is 13.8 Å². The monoisotopic (exact) mass is 341 g/mol. The van der Waals surface area contributed by atoms with E-state index in [1.54, 1.807) is 19.4 Å². The molecule has 2 aromatic rings. The Morgan fingerprint density at radius 1 is 1.24 bits per heavy atom. The van der Waals surface area contributed by atoms with E-state index in [2.05, 4.69) is 35.5 Å². The van der Waals surface area contributed by atoms with Crippen LogP contribution in [-0.4, -0.2) is 50.9 Å². The minimum atomic E-state index is 0.00272. The molecule has 3 rings (SSSR count). The summed E-state index contributed by atoms with van der Waals surface area (Å²) < 4.78 is 0. The predicted octanol–water partition coefficient (Wildman–Crippen LogP) is 1.51. The second-order valence-electron chi connectivity index (χ2n) is 6.19. The van der Waals surface area contributed by atoms with E-state index in [1.807, 2.05) is 19.9 Å². The second kappa shape index (κ2) is 7.52. The lowest BCUT2D eigenvalue weighted by molar-refractivity contribution is -0.122. The number of amides is 1. The Morgan fingerprint density at radius 2 is 1.96 bits per heavy atom. The van der Waals surface area contributed by atoms with Gasteiger partial charge in [0, 0.05) is 30.8 Å². The van der Waals surface area contributed by atoms with E-state index in [4.69, 9.17) is 0 Å². The zero-order valence-electron chi connectivity index (χ0n) is 14.8. The fraction of sp³-hybridized carbons (Fsp3) is 0.471. The van der Waals surface area contributed by atoms with Crippen molar-refractivity contribution in [1.82, 2.24) is 30.2 Å². The highest BCUT2D eigenvalue weighted by Crippen LogP contribution is 2.34. The molecule has 25 heavy (non-hydrogen) atoms. The van der Waals surface area contributed by atoms with Crippen LogP contribution in [-0.2, 0) is 4.79 Å². The molecule has 8 heteroatoms. The number of aromatic nitrogens is 4. The van der Waals surface area contributed by atoms with Crippen LogP contribution in [0.15, 0.2) is 18.5 Å². The first-order chi connectivity index (χ1) is 12.1. The van der Waals surface area contributed by atoms with E-state index in [1.165, 1.54) is 0 Å². The van der Waals surface area contributed by atoms with Gasteiger partial charge in [-0.1, -0.05) is 0 Å². The molecule has 0 unspecified atom stereocenters. The maximum absolute atomic E-state index is 11.8. The third-order valence-corrected chi connectivity index (χ3v) is 4.24. The number of hydrogen-bond acceptors (Lipinski definition) is 7. The molecule has 0 bridgehead atoms. The summed E-state index contributed by atoms with van der Waals surface area (Å²) in [4.78, 5) is 31.7. The van der Waals surface area contributed by atoms with Gasteiger partial charge in [0.2, 0.25) is 11.9 Å². The number of hydrogen-bond donors (Lipinski definition) is 2. The molecule has 0 spiro atoms. The van der Waals surface area contributed by atoms with Crippen molar-refractivity contribution in [3.05, 3.63) is 35.5 Å². The first kappa shape index (κ1) is 17.2. The first-order valence-electron chi connectivity index (χ1n) is 8.41. The number of nitrogens with zero attached hydrogens (tertiary/aromatic N) is 5. The fourth-order valence-electron chi connectivity index (χ4n) is 3.17. The quantitative estimate of drug-likeness (QED) is 0.851.